The van der Waals surface area contributed by atoms with Gasteiger partial charge in [0.25, 0.3) is 0 Å². The predicted octanol–water partition coefficient (Wildman–Crippen LogP) is 3.29. The van der Waals surface area contributed by atoms with Gasteiger partial charge < -0.3 is 9.80 Å². The summed E-state index contributed by atoms with van der Waals surface area (Å²) < 4.78 is 13.2. The van der Waals surface area contributed by atoms with Gasteiger partial charge in [-0.15, -0.1) is 0 Å². The Balaban J connectivity index is 1.60. The van der Waals surface area contributed by atoms with E-state index in [2.05, 4.69) is 12.1 Å². The van der Waals surface area contributed by atoms with Gasteiger partial charge in [-0.05, 0) is 41.7 Å². The number of carbonyl (C=O) groups excluding carboxylic acids is 2. The summed E-state index contributed by atoms with van der Waals surface area (Å²) in [6, 6.07) is 14.2. The molecule has 2 unspecified atom stereocenters. The number of carbonyl (C=O) groups is 2. The van der Waals surface area contributed by atoms with E-state index in [1.165, 1.54) is 17.7 Å². The molecule has 0 aromatic heterocycles. The van der Waals surface area contributed by atoms with Crippen molar-refractivity contribution < 1.29 is 14.0 Å². The van der Waals surface area contributed by atoms with E-state index >= 15 is 0 Å². The van der Waals surface area contributed by atoms with E-state index in [4.69, 9.17) is 0 Å². The second-order valence-corrected chi connectivity index (χ2v) is 7.28. The van der Waals surface area contributed by atoms with Gasteiger partial charge in [0.2, 0.25) is 11.8 Å². The van der Waals surface area contributed by atoms with Crippen LogP contribution in [0.5, 0.6) is 0 Å². The van der Waals surface area contributed by atoms with Crippen LogP contribution in [0.25, 0.3) is 0 Å². The summed E-state index contributed by atoms with van der Waals surface area (Å²) in [6.07, 6.45) is 1.47. The summed E-state index contributed by atoms with van der Waals surface area (Å²) in [5.41, 5.74) is 3.19. The molecule has 2 amide bonds. The molecule has 1 fully saturated rings. The first-order valence-electron chi connectivity index (χ1n) is 9.50. The van der Waals surface area contributed by atoms with Gasteiger partial charge in [-0.25, -0.2) is 4.39 Å². The topological polar surface area (TPSA) is 40.6 Å². The fraction of sp³-hybridized carbons (Fsp3) is 0.364. The van der Waals surface area contributed by atoms with Gasteiger partial charge in [0.05, 0.1) is 18.5 Å². The molecule has 140 valence electrons. The lowest BCUT2D eigenvalue weighted by Crippen LogP contribution is -2.56. The largest absolute Gasteiger partial charge is 0.332 e. The number of fused-ring (bicyclic) bond motifs is 3. The molecule has 27 heavy (non-hydrogen) atoms. The molecule has 2 aromatic rings. The van der Waals surface area contributed by atoms with Crippen LogP contribution in [0.4, 0.5) is 4.39 Å². The van der Waals surface area contributed by atoms with E-state index in [-0.39, 0.29) is 36.1 Å². The van der Waals surface area contributed by atoms with E-state index < -0.39 is 0 Å². The van der Waals surface area contributed by atoms with Crippen molar-refractivity contribution in [2.45, 2.75) is 31.7 Å². The lowest BCUT2D eigenvalue weighted by atomic mass is 9.89. The minimum Gasteiger partial charge on any atom is -0.332 e. The maximum atomic E-state index is 13.2. The number of rotatable bonds is 3. The van der Waals surface area contributed by atoms with Crippen LogP contribution in [0.15, 0.2) is 48.5 Å². The lowest BCUT2D eigenvalue weighted by Gasteiger charge is -2.45. The molecule has 4 nitrogen and oxygen atoms in total. The van der Waals surface area contributed by atoms with Gasteiger partial charge in [0.1, 0.15) is 5.82 Å². The molecule has 0 bridgehead atoms. The zero-order valence-electron chi connectivity index (χ0n) is 15.4. The number of amides is 2. The smallest absolute Gasteiger partial charge is 0.242 e. The van der Waals surface area contributed by atoms with Crippen molar-refractivity contribution in [2.75, 3.05) is 19.6 Å². The second-order valence-electron chi connectivity index (χ2n) is 7.28. The van der Waals surface area contributed by atoms with Gasteiger partial charge in [0.15, 0.2) is 0 Å². The van der Waals surface area contributed by atoms with Crippen LogP contribution in [0.3, 0.4) is 0 Å². The number of benzene rings is 2. The van der Waals surface area contributed by atoms with Crippen molar-refractivity contribution in [1.82, 2.24) is 9.80 Å². The molecule has 2 aromatic carbocycles. The highest BCUT2D eigenvalue weighted by Gasteiger charge is 2.39. The Labute approximate surface area is 158 Å². The Hall–Kier alpha value is -2.69. The first-order valence-corrected chi connectivity index (χ1v) is 9.50. The summed E-state index contributed by atoms with van der Waals surface area (Å²) in [5, 5.41) is 0. The number of piperazine rings is 1. The molecule has 2 heterocycles. The Kier molecular flexibility index (Phi) is 4.68. The van der Waals surface area contributed by atoms with Crippen LogP contribution in [0.1, 0.15) is 42.0 Å². The lowest BCUT2D eigenvalue weighted by molar-refractivity contribution is -0.150. The minimum atomic E-state index is -0.358. The highest BCUT2D eigenvalue weighted by Crippen LogP contribution is 2.34. The maximum absolute atomic E-state index is 13.2. The molecule has 0 aliphatic carbocycles. The van der Waals surface area contributed by atoms with Crippen LogP contribution in [-0.4, -0.2) is 41.2 Å². The molecule has 2 aliphatic rings. The van der Waals surface area contributed by atoms with Crippen molar-refractivity contribution in [2.24, 2.45) is 0 Å². The Morgan fingerprint density at radius 2 is 1.93 bits per heavy atom. The SMILES string of the molecule is CCC(C(=O)N1CC(=O)N2CCc3ccccc3C2C1)c1ccc(F)cc1. The summed E-state index contributed by atoms with van der Waals surface area (Å²) in [7, 11) is 0. The molecule has 0 spiro atoms. The molecule has 2 atom stereocenters. The van der Waals surface area contributed by atoms with Crippen molar-refractivity contribution in [3.8, 4) is 0 Å². The van der Waals surface area contributed by atoms with E-state index in [0.717, 1.165) is 17.5 Å². The van der Waals surface area contributed by atoms with Gasteiger partial charge in [0, 0.05) is 13.1 Å². The van der Waals surface area contributed by atoms with Crippen LogP contribution in [0.2, 0.25) is 0 Å². The van der Waals surface area contributed by atoms with E-state index in [1.54, 1.807) is 17.0 Å². The van der Waals surface area contributed by atoms with Crippen molar-refractivity contribution in [1.29, 1.82) is 0 Å². The number of hydrogen-bond acceptors (Lipinski definition) is 2. The van der Waals surface area contributed by atoms with Gasteiger partial charge in [-0.2, -0.15) is 0 Å². The number of nitrogens with zero attached hydrogens (tertiary/aromatic N) is 2. The molecule has 0 N–H and O–H groups in total. The first-order chi connectivity index (χ1) is 13.1. The van der Waals surface area contributed by atoms with Crippen LogP contribution in [-0.2, 0) is 16.0 Å². The maximum Gasteiger partial charge on any atom is 0.242 e. The molecule has 5 heteroatoms. The highest BCUT2D eigenvalue weighted by molar-refractivity contribution is 5.90. The molecule has 0 radical (unpaired) electrons. The third kappa shape index (κ3) is 3.22. The average Bonchev–Trinajstić information content (AvgIpc) is 2.69. The van der Waals surface area contributed by atoms with Crippen LogP contribution >= 0.6 is 0 Å². The monoisotopic (exact) mass is 366 g/mol. The summed E-state index contributed by atoms with van der Waals surface area (Å²) in [6.45, 7) is 3.28. The number of halogens is 1. The van der Waals surface area contributed by atoms with Crippen molar-refractivity contribution in [3.05, 3.63) is 71.0 Å². The third-order valence-corrected chi connectivity index (χ3v) is 5.74. The molecule has 1 saturated heterocycles. The Morgan fingerprint density at radius 3 is 2.67 bits per heavy atom. The predicted molar refractivity (Wildman–Crippen MR) is 101 cm³/mol. The quantitative estimate of drug-likeness (QED) is 0.836. The minimum absolute atomic E-state index is 0.00284. The highest BCUT2D eigenvalue weighted by atomic mass is 19.1. The second kappa shape index (κ2) is 7.14. The van der Waals surface area contributed by atoms with E-state index in [1.807, 2.05) is 24.0 Å². The zero-order chi connectivity index (χ0) is 19.0. The molecular weight excluding hydrogens is 343 g/mol. The summed E-state index contributed by atoms with van der Waals surface area (Å²) >= 11 is 0. The fourth-order valence-electron chi connectivity index (χ4n) is 4.31. The number of hydrogen-bond donors (Lipinski definition) is 0. The zero-order valence-corrected chi connectivity index (χ0v) is 15.4. The summed E-state index contributed by atoms with van der Waals surface area (Å²) in [4.78, 5) is 29.5. The normalized spacial score (nSPS) is 20.1. The molecule has 4 rings (SSSR count). The first kappa shape index (κ1) is 17.7. The van der Waals surface area contributed by atoms with Crippen LogP contribution < -0.4 is 0 Å². The van der Waals surface area contributed by atoms with Crippen LogP contribution in [0, 0.1) is 5.82 Å². The fourth-order valence-corrected chi connectivity index (χ4v) is 4.31. The van der Waals surface area contributed by atoms with Crippen molar-refractivity contribution in [3.63, 3.8) is 0 Å². The van der Waals surface area contributed by atoms with E-state index in [0.29, 0.717) is 19.5 Å². The Bertz CT molecular complexity index is 865. The van der Waals surface area contributed by atoms with Gasteiger partial charge in [-0.3, -0.25) is 9.59 Å². The van der Waals surface area contributed by atoms with E-state index in [9.17, 15) is 14.0 Å². The summed E-state index contributed by atoms with van der Waals surface area (Å²) in [5.74, 6) is -0.726. The third-order valence-electron chi connectivity index (χ3n) is 5.74. The average molecular weight is 366 g/mol. The standard InChI is InChI=1S/C22H23FN2O2/c1-2-18(16-7-9-17(23)10-8-16)22(27)24-13-20-19-6-4-3-5-15(19)11-12-25(20)21(26)14-24/h3-10,18,20H,2,11-14H2,1H3. The Morgan fingerprint density at radius 1 is 1.19 bits per heavy atom. The molecular formula is C22H23FN2O2. The van der Waals surface area contributed by atoms with Crippen molar-refractivity contribution >= 4 is 11.8 Å². The molecule has 0 saturated carbocycles. The van der Waals surface area contributed by atoms with Gasteiger partial charge in [-0.1, -0.05) is 43.3 Å². The van der Waals surface area contributed by atoms with Gasteiger partial charge >= 0.3 is 0 Å². The molecule has 2 aliphatic heterocycles.